The van der Waals surface area contributed by atoms with E-state index in [4.69, 9.17) is 9.72 Å². The summed E-state index contributed by atoms with van der Waals surface area (Å²) in [6.07, 6.45) is -2.37. The smallest absolute Gasteiger partial charge is 0.418 e. The minimum atomic E-state index is -4.71. The number of piperazine rings is 1. The molecule has 43 heavy (non-hydrogen) atoms. The van der Waals surface area contributed by atoms with Gasteiger partial charge >= 0.3 is 12.2 Å². The summed E-state index contributed by atoms with van der Waals surface area (Å²) >= 11 is 0. The first-order chi connectivity index (χ1) is 20.6. The van der Waals surface area contributed by atoms with Crippen LogP contribution in [0.25, 0.3) is 16.6 Å². The normalized spacial score (nSPS) is 17.5. The number of alkyl halides is 3. The molecule has 1 fully saturated rings. The lowest BCUT2D eigenvalue weighted by Crippen LogP contribution is -2.51. The van der Waals surface area contributed by atoms with Crippen molar-refractivity contribution >= 4 is 16.7 Å². The van der Waals surface area contributed by atoms with Crippen LogP contribution < -0.4 is 20.5 Å². The summed E-state index contributed by atoms with van der Waals surface area (Å²) in [6.45, 7) is 4.44. The number of hydrogen-bond acceptors (Lipinski definition) is 9. The van der Waals surface area contributed by atoms with Crippen molar-refractivity contribution in [1.82, 2.24) is 30.0 Å². The first kappa shape index (κ1) is 28.6. The van der Waals surface area contributed by atoms with Gasteiger partial charge in [0.1, 0.15) is 17.1 Å². The Morgan fingerprint density at radius 1 is 1.16 bits per heavy atom. The van der Waals surface area contributed by atoms with Gasteiger partial charge in [-0.15, -0.1) is 0 Å². The molecule has 13 heteroatoms. The Balaban J connectivity index is 1.52. The van der Waals surface area contributed by atoms with Gasteiger partial charge in [0, 0.05) is 44.3 Å². The number of aryl methyl sites for hydroxylation is 1. The zero-order chi connectivity index (χ0) is 30.3. The summed E-state index contributed by atoms with van der Waals surface area (Å²) in [7, 11) is 2.04. The molecule has 0 amide bonds. The first-order valence-corrected chi connectivity index (χ1v) is 13.9. The minimum absolute atomic E-state index is 0.0324. The van der Waals surface area contributed by atoms with Crippen LogP contribution in [0.3, 0.4) is 0 Å². The third-order valence-corrected chi connectivity index (χ3v) is 7.87. The molecule has 4 aromatic rings. The molecule has 2 aromatic heterocycles. The van der Waals surface area contributed by atoms with Gasteiger partial charge in [-0.1, -0.05) is 24.3 Å². The van der Waals surface area contributed by atoms with Gasteiger partial charge in [0.15, 0.2) is 0 Å². The molecule has 1 N–H and O–H groups in total. The molecule has 2 aliphatic heterocycles. The highest BCUT2D eigenvalue weighted by atomic mass is 19.4. The fourth-order valence-electron chi connectivity index (χ4n) is 5.82. The monoisotopic (exact) mass is 590 g/mol. The number of anilines is 1. The van der Waals surface area contributed by atoms with E-state index in [2.05, 4.69) is 26.4 Å². The highest BCUT2D eigenvalue weighted by molar-refractivity contribution is 5.89. The Hall–Kier alpha value is -4.54. The number of rotatable bonds is 5. The van der Waals surface area contributed by atoms with Crippen molar-refractivity contribution < 1.29 is 17.9 Å². The molecule has 2 aromatic carbocycles. The number of nitriles is 1. The van der Waals surface area contributed by atoms with Crippen LogP contribution in [0.2, 0.25) is 0 Å². The van der Waals surface area contributed by atoms with Crippen molar-refractivity contribution in [3.05, 3.63) is 75.2 Å². The Labute approximate surface area is 245 Å². The summed E-state index contributed by atoms with van der Waals surface area (Å²) in [6, 6.07) is 11.7. The Morgan fingerprint density at radius 2 is 1.98 bits per heavy atom. The summed E-state index contributed by atoms with van der Waals surface area (Å²) in [5.41, 5.74) is -0.193. The second-order valence-electron chi connectivity index (χ2n) is 10.9. The SMILES string of the molecule is Cc1cccc(-n2ncc3c(N4CCNC(CC#N)C4)nc(Oc4cccc5c4CCN(C)C5)nc3c2=O)c1C(F)(F)F. The molecule has 0 radical (unpaired) electrons. The number of aromatic nitrogens is 4. The van der Waals surface area contributed by atoms with Crippen LogP contribution >= 0.6 is 0 Å². The Bertz CT molecular complexity index is 1800. The van der Waals surface area contributed by atoms with E-state index in [0.29, 0.717) is 31.2 Å². The summed E-state index contributed by atoms with van der Waals surface area (Å²) < 4.78 is 49.2. The lowest BCUT2D eigenvalue weighted by molar-refractivity contribution is -0.138. The van der Waals surface area contributed by atoms with E-state index in [0.717, 1.165) is 35.3 Å². The van der Waals surface area contributed by atoms with Gasteiger partial charge in [0.2, 0.25) is 0 Å². The largest absolute Gasteiger partial charge is 0.424 e. The van der Waals surface area contributed by atoms with Gasteiger partial charge < -0.3 is 19.9 Å². The van der Waals surface area contributed by atoms with Crippen LogP contribution in [0.4, 0.5) is 19.0 Å². The molecule has 222 valence electrons. The third kappa shape index (κ3) is 5.51. The van der Waals surface area contributed by atoms with E-state index < -0.39 is 17.3 Å². The number of fused-ring (bicyclic) bond motifs is 2. The molecule has 0 saturated carbocycles. The molecule has 1 saturated heterocycles. The number of nitrogens with one attached hydrogen (secondary N) is 1. The molecule has 1 atom stereocenters. The predicted molar refractivity (Wildman–Crippen MR) is 153 cm³/mol. The molecule has 6 rings (SSSR count). The van der Waals surface area contributed by atoms with Gasteiger partial charge in [-0.25, -0.2) is 0 Å². The lowest BCUT2D eigenvalue weighted by atomic mass is 9.99. The Morgan fingerprint density at radius 3 is 2.77 bits per heavy atom. The number of hydrogen-bond donors (Lipinski definition) is 1. The zero-order valence-corrected chi connectivity index (χ0v) is 23.6. The molecule has 1 unspecified atom stereocenters. The van der Waals surface area contributed by atoms with Crippen molar-refractivity contribution in [2.24, 2.45) is 0 Å². The number of ether oxygens (including phenoxy) is 1. The van der Waals surface area contributed by atoms with Crippen molar-refractivity contribution in [1.29, 1.82) is 5.26 Å². The quantitative estimate of drug-likeness (QED) is 0.369. The van der Waals surface area contributed by atoms with Crippen molar-refractivity contribution in [2.75, 3.05) is 38.1 Å². The average molecular weight is 591 g/mol. The number of likely N-dealkylation sites (N-methyl/N-ethyl adjacent to an activating group) is 1. The van der Waals surface area contributed by atoms with Gasteiger partial charge in [-0.2, -0.15) is 38.2 Å². The van der Waals surface area contributed by atoms with Crippen molar-refractivity contribution in [2.45, 2.75) is 38.5 Å². The highest BCUT2D eigenvalue weighted by Crippen LogP contribution is 2.36. The van der Waals surface area contributed by atoms with Crippen LogP contribution in [0, 0.1) is 18.3 Å². The maximum absolute atomic E-state index is 14.1. The number of nitrogens with zero attached hydrogens (tertiary/aromatic N) is 7. The zero-order valence-electron chi connectivity index (χ0n) is 23.6. The van der Waals surface area contributed by atoms with Crippen molar-refractivity contribution in [3.63, 3.8) is 0 Å². The van der Waals surface area contributed by atoms with E-state index in [1.807, 2.05) is 30.1 Å². The van der Waals surface area contributed by atoms with Crippen LogP contribution in [-0.4, -0.2) is 63.9 Å². The van der Waals surface area contributed by atoms with E-state index in [1.54, 1.807) is 0 Å². The topological polar surface area (TPSA) is 112 Å². The van der Waals surface area contributed by atoms with E-state index in [-0.39, 0.29) is 40.6 Å². The maximum Gasteiger partial charge on any atom is 0.418 e. The highest BCUT2D eigenvalue weighted by Gasteiger charge is 2.36. The maximum atomic E-state index is 14.1. The van der Waals surface area contributed by atoms with Crippen LogP contribution in [-0.2, 0) is 19.1 Å². The molecule has 0 spiro atoms. The summed E-state index contributed by atoms with van der Waals surface area (Å²) in [4.78, 5) is 27.2. The summed E-state index contributed by atoms with van der Waals surface area (Å²) in [5.74, 6) is 0.928. The van der Waals surface area contributed by atoms with Crippen LogP contribution in [0.1, 0.15) is 28.7 Å². The van der Waals surface area contributed by atoms with Gasteiger partial charge in [0.25, 0.3) is 5.56 Å². The van der Waals surface area contributed by atoms with Crippen molar-refractivity contribution in [3.8, 4) is 23.5 Å². The van der Waals surface area contributed by atoms with Gasteiger partial charge in [-0.05, 0) is 43.7 Å². The standard InChI is InChI=1S/C30H29F3N8O2/c1-18-5-3-7-23(25(18)30(31,32)33)41-28(42)26-22(15-36-41)27(40-14-12-35-20(17-40)9-11-34)38-29(37-26)43-24-8-4-6-19-16-39(2)13-10-21(19)24/h3-8,15,20,35H,9-10,12-14,16-17H2,1-2H3. The first-order valence-electron chi connectivity index (χ1n) is 13.9. The molecule has 0 bridgehead atoms. The minimum Gasteiger partial charge on any atom is -0.424 e. The number of halogens is 3. The molecule has 4 heterocycles. The molecular formula is C30H29F3N8O2. The van der Waals surface area contributed by atoms with Crippen LogP contribution in [0.15, 0.2) is 47.4 Å². The number of benzene rings is 2. The van der Waals surface area contributed by atoms with E-state index in [1.165, 1.54) is 31.3 Å². The second-order valence-corrected chi connectivity index (χ2v) is 10.9. The fraction of sp³-hybridized carbons (Fsp3) is 0.367. The average Bonchev–Trinajstić information content (AvgIpc) is 2.97. The third-order valence-electron chi connectivity index (χ3n) is 7.87. The Kier molecular flexibility index (Phi) is 7.49. The van der Waals surface area contributed by atoms with E-state index in [9.17, 15) is 23.2 Å². The predicted octanol–water partition coefficient (Wildman–Crippen LogP) is 3.98. The molecule has 2 aliphatic rings. The van der Waals surface area contributed by atoms with Gasteiger partial charge in [-0.3, -0.25) is 4.79 Å². The molecule has 0 aliphatic carbocycles. The molecular weight excluding hydrogens is 561 g/mol. The lowest BCUT2D eigenvalue weighted by Gasteiger charge is -2.34. The summed E-state index contributed by atoms with van der Waals surface area (Å²) in [5, 5.41) is 17.0. The fourth-order valence-corrected chi connectivity index (χ4v) is 5.82. The van der Waals surface area contributed by atoms with E-state index >= 15 is 0 Å². The van der Waals surface area contributed by atoms with Gasteiger partial charge in [0.05, 0.1) is 35.3 Å². The second kappa shape index (κ2) is 11.3. The molecule has 10 nitrogen and oxygen atoms in total. The van der Waals surface area contributed by atoms with Crippen LogP contribution in [0.5, 0.6) is 11.8 Å².